The highest BCUT2D eigenvalue weighted by atomic mass is 19.4. The molecule has 1 fully saturated rings. The molecule has 7 nitrogen and oxygen atoms in total. The second kappa shape index (κ2) is 7.67. The lowest BCUT2D eigenvalue weighted by Crippen LogP contribution is -2.31. The highest BCUT2D eigenvalue weighted by Gasteiger charge is 2.37. The van der Waals surface area contributed by atoms with E-state index < -0.39 is 12.0 Å². The number of hydrogen-bond donors (Lipinski definition) is 0. The van der Waals surface area contributed by atoms with Gasteiger partial charge in [-0.2, -0.15) is 22.9 Å². The quantitative estimate of drug-likeness (QED) is 0.672. The summed E-state index contributed by atoms with van der Waals surface area (Å²) in [5, 5.41) is 20.2. The summed E-state index contributed by atoms with van der Waals surface area (Å²) in [5.41, 5.74) is 1.70. The van der Waals surface area contributed by atoms with Crippen LogP contribution in [0.5, 0.6) is 0 Å². The first-order valence-corrected chi connectivity index (χ1v) is 9.20. The van der Waals surface area contributed by atoms with Crippen molar-refractivity contribution in [1.29, 1.82) is 5.26 Å². The van der Waals surface area contributed by atoms with E-state index in [2.05, 4.69) is 26.3 Å². The number of halogens is 3. The van der Waals surface area contributed by atoms with Crippen LogP contribution in [0.1, 0.15) is 23.4 Å². The lowest BCUT2D eigenvalue weighted by atomic mass is 10.1. The molecule has 3 aromatic rings. The fourth-order valence-electron chi connectivity index (χ4n) is 3.49. The van der Waals surface area contributed by atoms with Gasteiger partial charge < -0.3 is 4.90 Å². The highest BCUT2D eigenvalue weighted by molar-refractivity contribution is 5.46. The predicted octanol–water partition coefficient (Wildman–Crippen LogP) is 2.73. The maximum atomic E-state index is 13.1. The Labute approximate surface area is 165 Å². The van der Waals surface area contributed by atoms with Gasteiger partial charge in [0, 0.05) is 32.7 Å². The van der Waals surface area contributed by atoms with Gasteiger partial charge in [0.15, 0.2) is 5.65 Å². The molecule has 3 heterocycles. The molecule has 2 aromatic heterocycles. The van der Waals surface area contributed by atoms with Crippen LogP contribution >= 0.6 is 0 Å². The van der Waals surface area contributed by atoms with Crippen LogP contribution in [-0.4, -0.2) is 50.9 Å². The first-order valence-electron chi connectivity index (χ1n) is 9.20. The average molecular weight is 401 g/mol. The van der Waals surface area contributed by atoms with Crippen molar-refractivity contribution in [3.8, 4) is 6.07 Å². The molecule has 0 bridgehead atoms. The molecular formula is C19H18F3N7. The molecule has 1 aliphatic rings. The fourth-order valence-corrected chi connectivity index (χ4v) is 3.49. The Kier molecular flexibility index (Phi) is 5.07. The van der Waals surface area contributed by atoms with Gasteiger partial charge in [-0.25, -0.2) is 0 Å². The molecule has 0 radical (unpaired) electrons. The number of aromatic nitrogens is 4. The van der Waals surface area contributed by atoms with Crippen LogP contribution in [0.25, 0.3) is 5.65 Å². The molecular weight excluding hydrogens is 383 g/mol. The minimum Gasteiger partial charge on any atom is -0.354 e. The molecule has 1 aromatic carbocycles. The summed E-state index contributed by atoms with van der Waals surface area (Å²) in [6.45, 7) is 3.51. The second-order valence-electron chi connectivity index (χ2n) is 6.87. The van der Waals surface area contributed by atoms with Crippen LogP contribution in [0.4, 0.5) is 19.0 Å². The third kappa shape index (κ3) is 4.00. The number of nitriles is 1. The Hall–Kier alpha value is -3.19. The highest BCUT2D eigenvalue weighted by Crippen LogP contribution is 2.28. The summed E-state index contributed by atoms with van der Waals surface area (Å²) in [6, 6.07) is 12.9. The van der Waals surface area contributed by atoms with E-state index in [1.165, 1.54) is 6.07 Å². The number of anilines is 1. The Morgan fingerprint density at radius 3 is 2.62 bits per heavy atom. The minimum atomic E-state index is -4.62. The van der Waals surface area contributed by atoms with E-state index in [0.717, 1.165) is 23.0 Å². The van der Waals surface area contributed by atoms with E-state index in [1.807, 2.05) is 23.1 Å². The van der Waals surface area contributed by atoms with Gasteiger partial charge in [0.1, 0.15) is 5.82 Å². The summed E-state index contributed by atoms with van der Waals surface area (Å²) < 4.78 is 40.1. The van der Waals surface area contributed by atoms with Gasteiger partial charge in [-0.3, -0.25) is 4.90 Å². The Morgan fingerprint density at radius 1 is 1.00 bits per heavy atom. The van der Waals surface area contributed by atoms with Crippen molar-refractivity contribution in [2.24, 2.45) is 0 Å². The molecule has 0 aliphatic carbocycles. The fraction of sp³-hybridized carbons (Fsp3) is 0.368. The zero-order valence-electron chi connectivity index (χ0n) is 15.5. The molecule has 4 rings (SSSR count). The van der Waals surface area contributed by atoms with Crippen molar-refractivity contribution in [2.75, 3.05) is 31.1 Å². The lowest BCUT2D eigenvalue weighted by molar-refractivity contribution is -0.146. The number of rotatable bonds is 3. The Balaban J connectivity index is 1.51. The van der Waals surface area contributed by atoms with Gasteiger partial charge in [-0.1, -0.05) is 18.2 Å². The normalized spacial score (nSPS) is 16.0. The van der Waals surface area contributed by atoms with Crippen LogP contribution in [0.15, 0.2) is 36.4 Å². The van der Waals surface area contributed by atoms with Gasteiger partial charge in [0.05, 0.1) is 11.6 Å². The first kappa shape index (κ1) is 19.1. The van der Waals surface area contributed by atoms with Gasteiger partial charge >= 0.3 is 6.18 Å². The van der Waals surface area contributed by atoms with Crippen molar-refractivity contribution in [3.63, 3.8) is 0 Å². The maximum Gasteiger partial charge on any atom is 0.453 e. The summed E-state index contributed by atoms with van der Waals surface area (Å²) in [6.07, 6.45) is -3.78. The number of nitrogens with zero attached hydrogens (tertiary/aromatic N) is 7. The van der Waals surface area contributed by atoms with Gasteiger partial charge in [-0.15, -0.1) is 15.3 Å². The summed E-state index contributed by atoms with van der Waals surface area (Å²) in [7, 11) is 0. The molecule has 150 valence electrons. The van der Waals surface area contributed by atoms with E-state index in [4.69, 9.17) is 0 Å². The smallest absolute Gasteiger partial charge is 0.354 e. The summed E-state index contributed by atoms with van der Waals surface area (Å²) >= 11 is 0. The summed E-state index contributed by atoms with van der Waals surface area (Å²) in [4.78, 5) is 4.21. The molecule has 0 N–H and O–H groups in total. The van der Waals surface area contributed by atoms with E-state index in [-0.39, 0.29) is 5.65 Å². The van der Waals surface area contributed by atoms with Crippen LogP contribution in [0.2, 0.25) is 0 Å². The van der Waals surface area contributed by atoms with Crippen molar-refractivity contribution >= 4 is 11.5 Å². The Bertz CT molecular complexity index is 1050. The third-order valence-corrected chi connectivity index (χ3v) is 4.95. The van der Waals surface area contributed by atoms with Gasteiger partial charge in [0.2, 0.25) is 0 Å². The average Bonchev–Trinajstić information content (AvgIpc) is 3.01. The van der Waals surface area contributed by atoms with Crippen LogP contribution in [-0.2, 0) is 12.7 Å². The molecule has 0 saturated carbocycles. The van der Waals surface area contributed by atoms with Crippen molar-refractivity contribution in [1.82, 2.24) is 24.7 Å². The predicted molar refractivity (Wildman–Crippen MR) is 99.0 cm³/mol. The minimum absolute atomic E-state index is 0.0608. The molecule has 0 unspecified atom stereocenters. The van der Waals surface area contributed by atoms with Crippen LogP contribution in [0.3, 0.4) is 0 Å². The molecule has 0 atom stereocenters. The van der Waals surface area contributed by atoms with Crippen LogP contribution < -0.4 is 4.90 Å². The molecule has 1 aliphatic heterocycles. The molecule has 1 saturated heterocycles. The zero-order chi connectivity index (χ0) is 20.4. The standard InChI is InChI=1S/C19H18F3N7/c20-19(21,22)18-25-24-16-6-7-17(26-29(16)18)28-9-3-8-27(10-11-28)13-15-5-2-1-4-14(15)12-23/h1-2,4-7H,3,8-11,13H2. The summed E-state index contributed by atoms with van der Waals surface area (Å²) in [5.74, 6) is -0.666. The molecule has 29 heavy (non-hydrogen) atoms. The largest absolute Gasteiger partial charge is 0.453 e. The zero-order valence-corrected chi connectivity index (χ0v) is 15.5. The van der Waals surface area contributed by atoms with Gasteiger partial charge in [0.25, 0.3) is 5.82 Å². The topological polar surface area (TPSA) is 73.4 Å². The van der Waals surface area contributed by atoms with E-state index in [1.54, 1.807) is 12.1 Å². The van der Waals surface area contributed by atoms with E-state index in [9.17, 15) is 18.4 Å². The molecule has 10 heteroatoms. The second-order valence-corrected chi connectivity index (χ2v) is 6.87. The van der Waals surface area contributed by atoms with Gasteiger partial charge in [-0.05, 0) is 30.2 Å². The van der Waals surface area contributed by atoms with Crippen molar-refractivity contribution in [2.45, 2.75) is 19.1 Å². The lowest BCUT2D eigenvalue weighted by Gasteiger charge is -2.23. The SMILES string of the molecule is N#Cc1ccccc1CN1CCCN(c2ccc3nnc(C(F)(F)F)n3n2)CC1. The van der Waals surface area contributed by atoms with E-state index >= 15 is 0 Å². The van der Waals surface area contributed by atoms with Crippen molar-refractivity contribution in [3.05, 3.63) is 53.3 Å². The monoisotopic (exact) mass is 401 g/mol. The number of hydrogen-bond acceptors (Lipinski definition) is 6. The third-order valence-electron chi connectivity index (χ3n) is 4.95. The van der Waals surface area contributed by atoms with E-state index in [0.29, 0.717) is 37.6 Å². The molecule has 0 amide bonds. The Morgan fingerprint density at radius 2 is 1.83 bits per heavy atom. The van der Waals surface area contributed by atoms with Crippen LogP contribution in [0, 0.1) is 11.3 Å². The number of fused-ring (bicyclic) bond motifs is 1. The number of benzene rings is 1. The molecule has 0 spiro atoms. The maximum absolute atomic E-state index is 13.1. The number of alkyl halides is 3. The van der Waals surface area contributed by atoms with Crippen molar-refractivity contribution < 1.29 is 13.2 Å². The first-order chi connectivity index (χ1) is 14.0.